The highest BCUT2D eigenvalue weighted by molar-refractivity contribution is 6.17. The maximum atomic E-state index is 8.60. The summed E-state index contributed by atoms with van der Waals surface area (Å²) in [6.07, 6.45) is 3.32. The van der Waals surface area contributed by atoms with E-state index in [0.717, 1.165) is 25.1 Å². The SMILES string of the molecule is C[C@H](CO)CCCCCl. The molecule has 0 rings (SSSR count). The first-order chi connectivity index (χ1) is 4.31. The molecule has 0 radical (unpaired) electrons. The van der Waals surface area contributed by atoms with Crippen LogP contribution in [0, 0.1) is 5.92 Å². The van der Waals surface area contributed by atoms with Gasteiger partial charge in [0.1, 0.15) is 0 Å². The standard InChI is InChI=1S/C7H15ClO/c1-7(6-9)4-2-3-5-8/h7,9H,2-6H2,1H3/t7-/m0/s1. The van der Waals surface area contributed by atoms with E-state index < -0.39 is 0 Å². The first-order valence-corrected chi connectivity index (χ1v) is 4.01. The van der Waals surface area contributed by atoms with Gasteiger partial charge in [0.05, 0.1) is 0 Å². The van der Waals surface area contributed by atoms with E-state index in [9.17, 15) is 0 Å². The van der Waals surface area contributed by atoms with E-state index in [1.165, 1.54) is 0 Å². The van der Waals surface area contributed by atoms with Crippen molar-refractivity contribution in [2.45, 2.75) is 26.2 Å². The van der Waals surface area contributed by atoms with Gasteiger partial charge in [-0.1, -0.05) is 13.3 Å². The van der Waals surface area contributed by atoms with Gasteiger partial charge in [-0.05, 0) is 18.8 Å². The second-order valence-electron chi connectivity index (χ2n) is 2.47. The molecule has 0 spiro atoms. The molecule has 0 saturated heterocycles. The van der Waals surface area contributed by atoms with Crippen molar-refractivity contribution in [3.05, 3.63) is 0 Å². The first-order valence-electron chi connectivity index (χ1n) is 3.48. The smallest absolute Gasteiger partial charge is 0.0456 e. The quantitative estimate of drug-likeness (QED) is 0.470. The lowest BCUT2D eigenvalue weighted by atomic mass is 10.1. The molecule has 1 atom stereocenters. The number of rotatable bonds is 5. The molecule has 0 aromatic carbocycles. The van der Waals surface area contributed by atoms with Gasteiger partial charge in [-0.15, -0.1) is 11.6 Å². The third-order valence-corrected chi connectivity index (χ3v) is 1.66. The van der Waals surface area contributed by atoms with E-state index in [1.807, 2.05) is 6.92 Å². The van der Waals surface area contributed by atoms with Crippen molar-refractivity contribution in [2.75, 3.05) is 12.5 Å². The Morgan fingerprint density at radius 2 is 2.11 bits per heavy atom. The Morgan fingerprint density at radius 1 is 1.44 bits per heavy atom. The molecule has 1 N–H and O–H groups in total. The monoisotopic (exact) mass is 150 g/mol. The van der Waals surface area contributed by atoms with Gasteiger partial charge in [0.25, 0.3) is 0 Å². The zero-order valence-electron chi connectivity index (χ0n) is 5.94. The third kappa shape index (κ3) is 6.13. The van der Waals surface area contributed by atoms with E-state index in [1.54, 1.807) is 0 Å². The summed E-state index contributed by atoms with van der Waals surface area (Å²) in [5.74, 6) is 1.20. The zero-order valence-corrected chi connectivity index (χ0v) is 6.69. The Balaban J connectivity index is 2.88. The van der Waals surface area contributed by atoms with Gasteiger partial charge in [0, 0.05) is 12.5 Å². The van der Waals surface area contributed by atoms with Crippen LogP contribution in [0.15, 0.2) is 0 Å². The van der Waals surface area contributed by atoms with Crippen molar-refractivity contribution < 1.29 is 5.11 Å². The Kier molecular flexibility index (Phi) is 6.55. The van der Waals surface area contributed by atoms with E-state index in [2.05, 4.69) is 0 Å². The van der Waals surface area contributed by atoms with Gasteiger partial charge in [-0.25, -0.2) is 0 Å². The summed E-state index contributed by atoms with van der Waals surface area (Å²) in [4.78, 5) is 0. The van der Waals surface area contributed by atoms with Crippen molar-refractivity contribution in [3.63, 3.8) is 0 Å². The van der Waals surface area contributed by atoms with Crippen molar-refractivity contribution in [2.24, 2.45) is 5.92 Å². The van der Waals surface area contributed by atoms with Gasteiger partial charge in [-0.2, -0.15) is 0 Å². The summed E-state index contributed by atoms with van der Waals surface area (Å²) in [7, 11) is 0. The highest BCUT2D eigenvalue weighted by Crippen LogP contribution is 2.06. The van der Waals surface area contributed by atoms with Crippen molar-refractivity contribution in [1.29, 1.82) is 0 Å². The van der Waals surface area contributed by atoms with Crippen molar-refractivity contribution in [3.8, 4) is 0 Å². The van der Waals surface area contributed by atoms with Crippen molar-refractivity contribution >= 4 is 11.6 Å². The lowest BCUT2D eigenvalue weighted by Gasteiger charge is -2.04. The number of alkyl halides is 1. The second kappa shape index (κ2) is 6.37. The topological polar surface area (TPSA) is 20.2 Å². The van der Waals surface area contributed by atoms with Crippen LogP contribution in [0.4, 0.5) is 0 Å². The van der Waals surface area contributed by atoms with Crippen LogP contribution in [0.3, 0.4) is 0 Å². The predicted octanol–water partition coefficient (Wildman–Crippen LogP) is 2.02. The number of aliphatic hydroxyl groups is 1. The molecule has 0 bridgehead atoms. The molecule has 1 nitrogen and oxygen atoms in total. The zero-order chi connectivity index (χ0) is 7.11. The molecule has 0 saturated carbocycles. The summed E-state index contributed by atoms with van der Waals surface area (Å²) in [6, 6.07) is 0. The number of aliphatic hydroxyl groups excluding tert-OH is 1. The van der Waals surface area contributed by atoms with E-state index in [-0.39, 0.29) is 0 Å². The van der Waals surface area contributed by atoms with Crippen LogP contribution in [0.2, 0.25) is 0 Å². The molecular weight excluding hydrogens is 136 g/mol. The highest BCUT2D eigenvalue weighted by Gasteiger charge is 1.97. The van der Waals surface area contributed by atoms with Gasteiger partial charge in [0.2, 0.25) is 0 Å². The number of hydrogen-bond acceptors (Lipinski definition) is 1. The molecule has 0 aliphatic carbocycles. The Morgan fingerprint density at radius 3 is 2.56 bits per heavy atom. The molecule has 0 amide bonds. The summed E-state index contributed by atoms with van der Waals surface area (Å²) >= 11 is 5.47. The molecule has 0 aromatic heterocycles. The van der Waals surface area contributed by atoms with Gasteiger partial charge in [-0.3, -0.25) is 0 Å². The molecule has 0 unspecified atom stereocenters. The van der Waals surface area contributed by atoms with Crippen LogP contribution < -0.4 is 0 Å². The normalized spacial score (nSPS) is 13.7. The maximum absolute atomic E-state index is 8.60. The lowest BCUT2D eigenvalue weighted by Crippen LogP contribution is -1.99. The molecule has 2 heteroatoms. The van der Waals surface area contributed by atoms with E-state index in [4.69, 9.17) is 16.7 Å². The second-order valence-corrected chi connectivity index (χ2v) is 2.85. The van der Waals surface area contributed by atoms with E-state index in [0.29, 0.717) is 12.5 Å². The van der Waals surface area contributed by atoms with Gasteiger partial charge in [0.15, 0.2) is 0 Å². The number of halogens is 1. The minimum absolute atomic E-state index is 0.308. The summed E-state index contributed by atoms with van der Waals surface area (Å²) in [5, 5.41) is 8.60. The van der Waals surface area contributed by atoms with Crippen LogP contribution in [-0.4, -0.2) is 17.6 Å². The minimum atomic E-state index is 0.308. The van der Waals surface area contributed by atoms with Gasteiger partial charge >= 0.3 is 0 Å². The van der Waals surface area contributed by atoms with Crippen molar-refractivity contribution in [1.82, 2.24) is 0 Å². The van der Waals surface area contributed by atoms with Crippen LogP contribution in [-0.2, 0) is 0 Å². The Labute approximate surface area is 62.0 Å². The fraction of sp³-hybridized carbons (Fsp3) is 1.00. The Hall–Kier alpha value is 0.250. The molecule has 0 heterocycles. The molecule has 0 aliphatic heterocycles. The number of hydrogen-bond donors (Lipinski definition) is 1. The Bertz CT molecular complexity index is 56.9. The van der Waals surface area contributed by atoms with Gasteiger partial charge < -0.3 is 5.11 Å². The minimum Gasteiger partial charge on any atom is -0.396 e. The molecular formula is C7H15ClO. The largest absolute Gasteiger partial charge is 0.396 e. The van der Waals surface area contributed by atoms with Crippen LogP contribution in [0.5, 0.6) is 0 Å². The van der Waals surface area contributed by atoms with Crippen LogP contribution in [0.25, 0.3) is 0 Å². The van der Waals surface area contributed by atoms with E-state index >= 15 is 0 Å². The average Bonchev–Trinajstić information content (AvgIpc) is 1.89. The first kappa shape index (κ1) is 9.25. The third-order valence-electron chi connectivity index (χ3n) is 1.39. The summed E-state index contributed by atoms with van der Waals surface area (Å²) < 4.78 is 0. The highest BCUT2D eigenvalue weighted by atomic mass is 35.5. The fourth-order valence-corrected chi connectivity index (χ4v) is 0.868. The predicted molar refractivity (Wildman–Crippen MR) is 40.8 cm³/mol. The molecule has 9 heavy (non-hydrogen) atoms. The number of unbranched alkanes of at least 4 members (excludes halogenated alkanes) is 1. The molecule has 0 fully saturated rings. The average molecular weight is 151 g/mol. The summed E-state index contributed by atoms with van der Waals surface area (Å²) in [5.41, 5.74) is 0. The lowest BCUT2D eigenvalue weighted by molar-refractivity contribution is 0.228. The molecule has 0 aliphatic rings. The van der Waals surface area contributed by atoms with Crippen LogP contribution >= 0.6 is 11.6 Å². The summed E-state index contributed by atoms with van der Waals surface area (Å²) in [6.45, 7) is 2.36. The molecule has 0 aromatic rings. The molecule has 56 valence electrons. The maximum Gasteiger partial charge on any atom is 0.0456 e. The fourth-order valence-electron chi connectivity index (χ4n) is 0.679. The van der Waals surface area contributed by atoms with Crippen LogP contribution in [0.1, 0.15) is 26.2 Å².